The van der Waals surface area contributed by atoms with Crippen LogP contribution in [0.5, 0.6) is 0 Å². The molecule has 1 atom stereocenters. The lowest BCUT2D eigenvalue weighted by Gasteiger charge is -2.35. The van der Waals surface area contributed by atoms with E-state index in [1.807, 2.05) is 0 Å². The average Bonchev–Trinajstić information content (AvgIpc) is 2.31. The molecular weight excluding hydrogens is 184 g/mol. The van der Waals surface area contributed by atoms with Gasteiger partial charge in [0.1, 0.15) is 0 Å². The second-order valence-electron chi connectivity index (χ2n) is 5.30. The van der Waals surface area contributed by atoms with Crippen molar-refractivity contribution in [3.8, 4) is 0 Å². The molecule has 0 radical (unpaired) electrons. The van der Waals surface area contributed by atoms with Crippen molar-refractivity contribution in [3.63, 3.8) is 0 Å². The lowest BCUT2D eigenvalue weighted by Crippen LogP contribution is -2.46. The van der Waals surface area contributed by atoms with Gasteiger partial charge in [-0.25, -0.2) is 0 Å². The molecule has 1 unspecified atom stereocenters. The summed E-state index contributed by atoms with van der Waals surface area (Å²) in [5, 5.41) is 3.65. The summed E-state index contributed by atoms with van der Waals surface area (Å²) in [5.74, 6) is 1.01. The van der Waals surface area contributed by atoms with Crippen molar-refractivity contribution in [1.82, 2.24) is 10.2 Å². The molecule has 1 N–H and O–H groups in total. The normalized spacial score (nSPS) is 30.6. The standard InChI is InChI=1S/C13H26N2/c1-2-12-6-9-15(10-7-12)11-13-5-3-4-8-14-13/h12-14H,2-11H2,1H3. The van der Waals surface area contributed by atoms with Gasteiger partial charge in [-0.15, -0.1) is 0 Å². The molecule has 2 heterocycles. The van der Waals surface area contributed by atoms with Crippen LogP contribution >= 0.6 is 0 Å². The first-order valence-corrected chi connectivity index (χ1v) is 6.84. The maximum atomic E-state index is 3.65. The number of nitrogens with one attached hydrogen (secondary N) is 1. The van der Waals surface area contributed by atoms with Crippen molar-refractivity contribution in [2.45, 2.75) is 51.5 Å². The molecule has 0 aromatic rings. The van der Waals surface area contributed by atoms with E-state index in [1.165, 1.54) is 64.7 Å². The summed E-state index contributed by atoms with van der Waals surface area (Å²) >= 11 is 0. The second kappa shape index (κ2) is 5.86. The van der Waals surface area contributed by atoms with Crippen LogP contribution in [0.3, 0.4) is 0 Å². The highest BCUT2D eigenvalue weighted by Crippen LogP contribution is 2.20. The Kier molecular flexibility index (Phi) is 4.45. The number of hydrogen-bond donors (Lipinski definition) is 1. The number of piperidine rings is 2. The minimum absolute atomic E-state index is 0.789. The molecule has 2 saturated heterocycles. The Morgan fingerprint density at radius 3 is 2.53 bits per heavy atom. The van der Waals surface area contributed by atoms with E-state index in [0.717, 1.165) is 12.0 Å². The molecular formula is C13H26N2. The topological polar surface area (TPSA) is 15.3 Å². The van der Waals surface area contributed by atoms with Crippen molar-refractivity contribution in [3.05, 3.63) is 0 Å². The predicted octanol–water partition coefficient (Wildman–Crippen LogP) is 2.25. The lowest BCUT2D eigenvalue weighted by molar-refractivity contribution is 0.158. The van der Waals surface area contributed by atoms with E-state index in [9.17, 15) is 0 Å². The van der Waals surface area contributed by atoms with Crippen LogP contribution in [0.15, 0.2) is 0 Å². The van der Waals surface area contributed by atoms with Crippen molar-refractivity contribution in [1.29, 1.82) is 0 Å². The Hall–Kier alpha value is -0.0800. The zero-order valence-corrected chi connectivity index (χ0v) is 10.2. The van der Waals surface area contributed by atoms with E-state index >= 15 is 0 Å². The predicted molar refractivity (Wildman–Crippen MR) is 65.1 cm³/mol. The van der Waals surface area contributed by atoms with Gasteiger partial charge in [-0.2, -0.15) is 0 Å². The molecule has 88 valence electrons. The number of likely N-dealkylation sites (tertiary alicyclic amines) is 1. The van der Waals surface area contributed by atoms with Crippen LogP contribution in [0.1, 0.15) is 45.4 Å². The third-order valence-corrected chi connectivity index (χ3v) is 4.18. The van der Waals surface area contributed by atoms with Crippen molar-refractivity contribution >= 4 is 0 Å². The summed E-state index contributed by atoms with van der Waals surface area (Å²) in [6.45, 7) is 7.57. The highest BCUT2D eigenvalue weighted by Gasteiger charge is 2.21. The first kappa shape index (κ1) is 11.4. The molecule has 2 rings (SSSR count). The zero-order chi connectivity index (χ0) is 10.5. The van der Waals surface area contributed by atoms with Gasteiger partial charge >= 0.3 is 0 Å². The molecule has 0 aliphatic carbocycles. The molecule has 0 saturated carbocycles. The maximum absolute atomic E-state index is 3.65. The highest BCUT2D eigenvalue weighted by molar-refractivity contribution is 4.79. The van der Waals surface area contributed by atoms with Gasteiger partial charge in [0.05, 0.1) is 0 Å². The summed E-state index contributed by atoms with van der Waals surface area (Å²) in [5.41, 5.74) is 0. The molecule has 15 heavy (non-hydrogen) atoms. The van der Waals surface area contributed by atoms with Crippen molar-refractivity contribution in [2.75, 3.05) is 26.2 Å². The second-order valence-corrected chi connectivity index (χ2v) is 5.30. The molecule has 0 aromatic heterocycles. The average molecular weight is 210 g/mol. The summed E-state index contributed by atoms with van der Waals surface area (Å²) < 4.78 is 0. The molecule has 2 aliphatic heterocycles. The maximum Gasteiger partial charge on any atom is 0.0195 e. The Labute approximate surface area is 94.4 Å². The van der Waals surface area contributed by atoms with Crippen molar-refractivity contribution in [2.24, 2.45) is 5.92 Å². The van der Waals surface area contributed by atoms with Gasteiger partial charge in [0.15, 0.2) is 0 Å². The molecule has 2 nitrogen and oxygen atoms in total. The van der Waals surface area contributed by atoms with E-state index in [1.54, 1.807) is 0 Å². The van der Waals surface area contributed by atoms with Gasteiger partial charge in [0, 0.05) is 12.6 Å². The van der Waals surface area contributed by atoms with Gasteiger partial charge in [0.2, 0.25) is 0 Å². The molecule has 2 aliphatic rings. The quantitative estimate of drug-likeness (QED) is 0.768. The zero-order valence-electron chi connectivity index (χ0n) is 10.2. The monoisotopic (exact) mass is 210 g/mol. The summed E-state index contributed by atoms with van der Waals surface area (Å²) in [7, 11) is 0. The first-order chi connectivity index (χ1) is 7.38. The fraction of sp³-hybridized carbons (Fsp3) is 1.00. The summed E-state index contributed by atoms with van der Waals surface area (Å²) in [6.07, 6.45) is 8.47. The van der Waals surface area contributed by atoms with Gasteiger partial charge in [-0.1, -0.05) is 19.8 Å². The Balaban J connectivity index is 1.67. The van der Waals surface area contributed by atoms with Crippen LogP contribution in [0, 0.1) is 5.92 Å². The third-order valence-electron chi connectivity index (χ3n) is 4.18. The van der Waals surface area contributed by atoms with Crippen LogP contribution in [0.4, 0.5) is 0 Å². The Morgan fingerprint density at radius 1 is 1.13 bits per heavy atom. The van der Waals surface area contributed by atoms with E-state index in [2.05, 4.69) is 17.1 Å². The molecule has 0 amide bonds. The molecule has 0 aromatic carbocycles. The van der Waals surface area contributed by atoms with E-state index in [0.29, 0.717) is 0 Å². The van der Waals surface area contributed by atoms with E-state index in [-0.39, 0.29) is 0 Å². The van der Waals surface area contributed by atoms with Gasteiger partial charge in [0.25, 0.3) is 0 Å². The van der Waals surface area contributed by atoms with Crippen LogP contribution in [-0.4, -0.2) is 37.1 Å². The van der Waals surface area contributed by atoms with Crippen LogP contribution in [0.25, 0.3) is 0 Å². The number of rotatable bonds is 3. The minimum Gasteiger partial charge on any atom is -0.313 e. The van der Waals surface area contributed by atoms with Crippen molar-refractivity contribution < 1.29 is 0 Å². The molecule has 0 bridgehead atoms. The largest absolute Gasteiger partial charge is 0.313 e. The van der Waals surface area contributed by atoms with E-state index in [4.69, 9.17) is 0 Å². The van der Waals surface area contributed by atoms with Gasteiger partial charge in [-0.3, -0.25) is 0 Å². The summed E-state index contributed by atoms with van der Waals surface area (Å²) in [4.78, 5) is 2.68. The van der Waals surface area contributed by atoms with Crippen LogP contribution < -0.4 is 5.32 Å². The number of hydrogen-bond acceptors (Lipinski definition) is 2. The molecule has 0 spiro atoms. The fourth-order valence-electron chi connectivity index (χ4n) is 2.97. The third kappa shape index (κ3) is 3.46. The SMILES string of the molecule is CCC1CCN(CC2CCCCN2)CC1. The number of nitrogens with zero attached hydrogens (tertiary/aromatic N) is 1. The highest BCUT2D eigenvalue weighted by atomic mass is 15.2. The molecule has 2 heteroatoms. The van der Waals surface area contributed by atoms with E-state index < -0.39 is 0 Å². The first-order valence-electron chi connectivity index (χ1n) is 6.84. The Morgan fingerprint density at radius 2 is 1.93 bits per heavy atom. The Bertz CT molecular complexity index is 167. The molecule has 2 fully saturated rings. The van der Waals surface area contributed by atoms with Gasteiger partial charge < -0.3 is 10.2 Å². The van der Waals surface area contributed by atoms with Crippen LogP contribution in [0.2, 0.25) is 0 Å². The summed E-state index contributed by atoms with van der Waals surface area (Å²) in [6, 6.07) is 0.789. The van der Waals surface area contributed by atoms with Crippen LogP contribution in [-0.2, 0) is 0 Å². The van der Waals surface area contributed by atoms with Gasteiger partial charge in [-0.05, 0) is 51.2 Å². The fourth-order valence-corrected chi connectivity index (χ4v) is 2.97. The smallest absolute Gasteiger partial charge is 0.0195 e. The minimum atomic E-state index is 0.789. The lowest BCUT2D eigenvalue weighted by atomic mass is 9.94.